The minimum absolute atomic E-state index is 0.0457. The maximum atomic E-state index is 15.0. The van der Waals surface area contributed by atoms with E-state index in [9.17, 15) is 5.21 Å². The normalized spacial score (nSPS) is 21.3. The quantitative estimate of drug-likeness (QED) is 0.174. The number of rotatable bonds is 4. The van der Waals surface area contributed by atoms with Crippen LogP contribution in [0.4, 0.5) is 11.5 Å². The monoisotopic (exact) mass is 520 g/mol. The molecule has 3 atom stereocenters. The number of hydrogen-bond acceptors (Lipinski definition) is 4. The van der Waals surface area contributed by atoms with Gasteiger partial charge < -0.3 is 14.5 Å². The molecule has 1 aliphatic carbocycles. The molecule has 1 aliphatic heterocycles. The van der Waals surface area contributed by atoms with Crippen molar-refractivity contribution in [3.05, 3.63) is 145 Å². The number of fused-ring (bicyclic) bond motifs is 6. The Morgan fingerprint density at radius 2 is 1.52 bits per heavy atom. The largest absolute Gasteiger partial charge is 0.620 e. The lowest BCUT2D eigenvalue weighted by Gasteiger charge is -2.43. The van der Waals surface area contributed by atoms with E-state index >= 15 is 0 Å². The second kappa shape index (κ2) is 8.74. The minimum Gasteiger partial charge on any atom is -0.620 e. The second-order valence-corrected chi connectivity index (χ2v) is 10.2. The highest BCUT2D eigenvalue weighted by atomic mass is 16.6. The van der Waals surface area contributed by atoms with Crippen LogP contribution in [0, 0.1) is 5.21 Å². The van der Waals surface area contributed by atoms with Crippen LogP contribution in [0.5, 0.6) is 11.6 Å². The Kier molecular flexibility index (Phi) is 5.01. The predicted octanol–water partition coefficient (Wildman–Crippen LogP) is 8.09. The van der Waals surface area contributed by atoms with Crippen LogP contribution in [0.3, 0.4) is 0 Å². The number of nitrogens with zero attached hydrogens (tertiary/aromatic N) is 4. The van der Waals surface area contributed by atoms with Gasteiger partial charge in [-0.1, -0.05) is 54.6 Å². The Balaban J connectivity index is 1.32. The molecule has 0 saturated heterocycles. The number of allylic oxidation sites excluding steroid dienone is 2. The van der Waals surface area contributed by atoms with Crippen molar-refractivity contribution >= 4 is 39.0 Å². The molecule has 192 valence electrons. The summed E-state index contributed by atoms with van der Waals surface area (Å²) in [5.41, 5.74) is 4.81. The summed E-state index contributed by atoms with van der Waals surface area (Å²) in [6.07, 6.45) is 9.86. The predicted molar refractivity (Wildman–Crippen MR) is 159 cm³/mol. The molecule has 3 unspecified atom stereocenters. The zero-order chi connectivity index (χ0) is 26.7. The fraction of sp³-hybridized carbons (Fsp3) is 0.0588. The van der Waals surface area contributed by atoms with Gasteiger partial charge in [-0.2, -0.15) is 0 Å². The molecule has 0 amide bonds. The first-order valence-corrected chi connectivity index (χ1v) is 13.4. The van der Waals surface area contributed by atoms with Gasteiger partial charge in [-0.25, -0.2) is 9.97 Å². The molecule has 0 radical (unpaired) electrons. The van der Waals surface area contributed by atoms with Crippen LogP contribution in [-0.2, 0) is 0 Å². The van der Waals surface area contributed by atoms with Crippen LogP contribution in [0.1, 0.15) is 11.5 Å². The zero-order valence-electron chi connectivity index (χ0n) is 21.5. The molecule has 8 rings (SSSR count). The topological polar surface area (TPSA) is 63.0 Å². The van der Waals surface area contributed by atoms with Crippen molar-refractivity contribution in [1.29, 1.82) is 0 Å². The number of hydroxylamine groups is 1. The molecular formula is C34H24N4O2. The van der Waals surface area contributed by atoms with E-state index < -0.39 is 10.7 Å². The Morgan fingerprint density at radius 3 is 2.38 bits per heavy atom. The summed E-state index contributed by atoms with van der Waals surface area (Å²) in [6.45, 7) is 0. The van der Waals surface area contributed by atoms with Crippen LogP contribution in [0.15, 0.2) is 134 Å². The second-order valence-electron chi connectivity index (χ2n) is 10.2. The van der Waals surface area contributed by atoms with Gasteiger partial charge in [-0.3, -0.25) is 4.65 Å². The van der Waals surface area contributed by atoms with Crippen LogP contribution >= 0.6 is 0 Å². The highest BCUT2D eigenvalue weighted by molar-refractivity contribution is 6.11. The molecule has 6 aromatic rings. The van der Waals surface area contributed by atoms with Gasteiger partial charge in [-0.05, 0) is 42.5 Å². The summed E-state index contributed by atoms with van der Waals surface area (Å²) < 4.78 is 7.71. The lowest BCUT2D eigenvalue weighted by molar-refractivity contribution is 0.431. The van der Waals surface area contributed by atoms with Gasteiger partial charge in [-0.15, -0.1) is 0 Å². The van der Waals surface area contributed by atoms with Crippen LogP contribution < -0.4 is 9.38 Å². The molecule has 0 saturated carbocycles. The van der Waals surface area contributed by atoms with E-state index in [1.54, 1.807) is 12.4 Å². The maximum Gasteiger partial charge on any atom is 0.233 e. The van der Waals surface area contributed by atoms with Gasteiger partial charge in [0.05, 0.1) is 17.0 Å². The van der Waals surface area contributed by atoms with Crippen molar-refractivity contribution < 1.29 is 4.74 Å². The number of pyridine rings is 2. The maximum absolute atomic E-state index is 15.0. The number of para-hydroxylation sites is 2. The first-order chi connectivity index (χ1) is 19.7. The lowest BCUT2D eigenvalue weighted by Crippen LogP contribution is -2.45. The highest BCUT2D eigenvalue weighted by Gasteiger charge is 2.49. The molecule has 6 heteroatoms. The standard InChI is InChI=1S/C34H24N4O2/c39-38(33-13-5-7-19-35-33)31-12-4-2-10-27(31)28-17-15-23(21-32(28)38)37-29-11-3-1-9-25(29)26-18-16-24(22-30(26)37)40-34-14-6-8-20-36-34/h1-22,28,32H. The van der Waals surface area contributed by atoms with Gasteiger partial charge in [0.15, 0.2) is 0 Å². The van der Waals surface area contributed by atoms with E-state index in [2.05, 4.69) is 63.1 Å². The van der Waals surface area contributed by atoms with Gasteiger partial charge in [0, 0.05) is 58.7 Å². The summed E-state index contributed by atoms with van der Waals surface area (Å²) in [4.78, 5) is 8.85. The summed E-state index contributed by atoms with van der Waals surface area (Å²) in [6, 6.07) is 33.2. The number of benzene rings is 3. The van der Waals surface area contributed by atoms with E-state index in [0.29, 0.717) is 17.4 Å². The van der Waals surface area contributed by atoms with Gasteiger partial charge in [0.2, 0.25) is 11.7 Å². The smallest absolute Gasteiger partial charge is 0.233 e. The number of aromatic nitrogens is 3. The molecule has 3 aromatic heterocycles. The first kappa shape index (κ1) is 22.9. The number of quaternary nitrogens is 1. The molecule has 3 aromatic carbocycles. The van der Waals surface area contributed by atoms with Crippen molar-refractivity contribution in [2.75, 3.05) is 0 Å². The molecule has 0 fully saturated rings. The molecule has 6 nitrogen and oxygen atoms in total. The van der Waals surface area contributed by atoms with E-state index in [-0.39, 0.29) is 5.92 Å². The summed E-state index contributed by atoms with van der Waals surface area (Å²) >= 11 is 0. The lowest BCUT2D eigenvalue weighted by atomic mass is 9.90. The first-order valence-electron chi connectivity index (χ1n) is 13.4. The summed E-state index contributed by atoms with van der Waals surface area (Å²) in [5, 5.41) is 17.2. The van der Waals surface area contributed by atoms with Gasteiger partial charge in [0.25, 0.3) is 0 Å². The zero-order valence-corrected chi connectivity index (χ0v) is 21.5. The van der Waals surface area contributed by atoms with E-state index in [0.717, 1.165) is 38.8 Å². The summed E-state index contributed by atoms with van der Waals surface area (Å²) in [5.74, 6) is 1.68. The Labute approximate surface area is 230 Å². The number of ether oxygens (including phenoxy) is 1. The average Bonchev–Trinajstić information content (AvgIpc) is 3.48. The van der Waals surface area contributed by atoms with E-state index in [1.807, 2.05) is 72.8 Å². The van der Waals surface area contributed by atoms with Crippen LogP contribution in [-0.4, -0.2) is 20.6 Å². The van der Waals surface area contributed by atoms with Crippen molar-refractivity contribution in [1.82, 2.24) is 19.2 Å². The highest BCUT2D eigenvalue weighted by Crippen LogP contribution is 2.53. The summed E-state index contributed by atoms with van der Waals surface area (Å²) in [7, 11) is 0. The molecule has 4 heterocycles. The Hall–Kier alpha value is -5.04. The van der Waals surface area contributed by atoms with Crippen molar-refractivity contribution in [2.24, 2.45) is 0 Å². The molecule has 2 aliphatic rings. The minimum atomic E-state index is -0.624. The average molecular weight is 521 g/mol. The molecule has 40 heavy (non-hydrogen) atoms. The molecule has 0 spiro atoms. The van der Waals surface area contributed by atoms with Gasteiger partial charge >= 0.3 is 0 Å². The third kappa shape index (κ3) is 3.30. The van der Waals surface area contributed by atoms with Crippen LogP contribution in [0.2, 0.25) is 0 Å². The fourth-order valence-electron chi connectivity index (χ4n) is 6.30. The molecule has 0 bridgehead atoms. The fourth-order valence-corrected chi connectivity index (χ4v) is 6.30. The molecule has 0 N–H and O–H groups in total. The van der Waals surface area contributed by atoms with Gasteiger partial charge in [0.1, 0.15) is 17.5 Å². The SMILES string of the molecule is [O-][N+]1(c2ccccn2)c2ccccc2C2C=CC(n3c4ccccc4c4ccc(Oc5ccccn5)cc43)=CC21. The molecular weight excluding hydrogens is 496 g/mol. The van der Waals surface area contributed by atoms with E-state index in [4.69, 9.17) is 4.74 Å². The third-order valence-electron chi connectivity index (χ3n) is 8.01. The third-order valence-corrected chi connectivity index (χ3v) is 8.01. The number of hydrogen-bond donors (Lipinski definition) is 0. The van der Waals surface area contributed by atoms with E-state index in [1.165, 1.54) is 0 Å². The van der Waals surface area contributed by atoms with Crippen molar-refractivity contribution in [3.63, 3.8) is 0 Å². The Morgan fingerprint density at radius 1 is 0.750 bits per heavy atom. The van der Waals surface area contributed by atoms with Crippen molar-refractivity contribution in [2.45, 2.75) is 12.0 Å². The van der Waals surface area contributed by atoms with Crippen molar-refractivity contribution in [3.8, 4) is 11.6 Å². The van der Waals surface area contributed by atoms with Crippen LogP contribution in [0.25, 0.3) is 27.5 Å². The Bertz CT molecular complexity index is 1960.